The highest BCUT2D eigenvalue weighted by Crippen LogP contribution is 2.37. The molecule has 20 heavy (non-hydrogen) atoms. The first-order valence-electron chi connectivity index (χ1n) is 7.07. The molecule has 0 fully saturated rings. The van der Waals surface area contributed by atoms with Crippen molar-refractivity contribution in [3.05, 3.63) is 58.6 Å². The predicted molar refractivity (Wildman–Crippen MR) is 85.8 cm³/mol. The molecule has 0 radical (unpaired) electrons. The largest absolute Gasteiger partial charge is 0.340 e. The Hall–Kier alpha value is -1.51. The molecule has 2 nitrogen and oxygen atoms in total. The zero-order valence-electron chi connectivity index (χ0n) is 11.6. The summed E-state index contributed by atoms with van der Waals surface area (Å²) >= 11 is 6.48. The Kier molecular flexibility index (Phi) is 3.68. The van der Waals surface area contributed by atoms with E-state index in [9.17, 15) is 0 Å². The molecule has 2 aromatic carbocycles. The predicted octanol–water partition coefficient (Wildman–Crippen LogP) is 4.44. The summed E-state index contributed by atoms with van der Waals surface area (Å²) in [6, 6.07) is 14.7. The number of para-hydroxylation sites is 1. The molecule has 0 spiro atoms. The lowest BCUT2D eigenvalue weighted by Gasteiger charge is -2.32. The van der Waals surface area contributed by atoms with Crippen LogP contribution in [0.25, 0.3) is 0 Å². The molecule has 0 saturated heterocycles. The van der Waals surface area contributed by atoms with E-state index in [4.69, 9.17) is 17.3 Å². The van der Waals surface area contributed by atoms with Gasteiger partial charge >= 0.3 is 0 Å². The summed E-state index contributed by atoms with van der Waals surface area (Å²) in [5, 5.41) is 0.775. The van der Waals surface area contributed by atoms with E-state index in [1.54, 1.807) is 0 Å². The summed E-state index contributed by atoms with van der Waals surface area (Å²) in [7, 11) is 0. The standard InChI is InChI=1S/C17H19ClN2/c1-12(19)14-8-9-17(15(18)11-14)20-10-4-6-13-5-2-3-7-16(13)20/h2-3,5,7-9,11-12H,4,6,10,19H2,1H3. The second-order valence-corrected chi connectivity index (χ2v) is 5.79. The lowest BCUT2D eigenvalue weighted by atomic mass is 10.0. The molecule has 3 heteroatoms. The summed E-state index contributed by atoms with van der Waals surface area (Å²) in [6.45, 7) is 2.98. The first-order valence-corrected chi connectivity index (χ1v) is 7.45. The monoisotopic (exact) mass is 286 g/mol. The zero-order valence-corrected chi connectivity index (χ0v) is 12.4. The first kappa shape index (κ1) is 13.5. The number of nitrogens with two attached hydrogens (primary N) is 1. The molecule has 0 aliphatic carbocycles. The van der Waals surface area contributed by atoms with E-state index in [1.807, 2.05) is 13.0 Å². The van der Waals surface area contributed by atoms with E-state index < -0.39 is 0 Å². The minimum atomic E-state index is 0.00944. The fourth-order valence-electron chi connectivity index (χ4n) is 2.81. The van der Waals surface area contributed by atoms with Gasteiger partial charge in [-0.25, -0.2) is 0 Å². The van der Waals surface area contributed by atoms with Gasteiger partial charge in [-0.05, 0) is 49.1 Å². The maximum Gasteiger partial charge on any atom is 0.0646 e. The second-order valence-electron chi connectivity index (χ2n) is 5.38. The zero-order chi connectivity index (χ0) is 14.1. The van der Waals surface area contributed by atoms with Crippen LogP contribution < -0.4 is 10.6 Å². The van der Waals surface area contributed by atoms with Crippen LogP contribution in [0, 0.1) is 0 Å². The van der Waals surface area contributed by atoms with E-state index in [0.717, 1.165) is 35.7 Å². The number of anilines is 2. The smallest absolute Gasteiger partial charge is 0.0646 e. The van der Waals surface area contributed by atoms with Crippen LogP contribution in [0.15, 0.2) is 42.5 Å². The number of hydrogen-bond acceptors (Lipinski definition) is 2. The highest BCUT2D eigenvalue weighted by molar-refractivity contribution is 6.33. The van der Waals surface area contributed by atoms with Gasteiger partial charge in [0.15, 0.2) is 0 Å². The molecule has 1 aliphatic rings. The van der Waals surface area contributed by atoms with Crippen LogP contribution >= 0.6 is 11.6 Å². The van der Waals surface area contributed by atoms with E-state index >= 15 is 0 Å². The van der Waals surface area contributed by atoms with Crippen LogP contribution in [-0.4, -0.2) is 6.54 Å². The molecule has 2 N–H and O–H groups in total. The molecule has 1 heterocycles. The molecule has 0 amide bonds. The fourth-order valence-corrected chi connectivity index (χ4v) is 3.10. The van der Waals surface area contributed by atoms with Crippen molar-refractivity contribution >= 4 is 23.0 Å². The van der Waals surface area contributed by atoms with Gasteiger partial charge in [-0.3, -0.25) is 0 Å². The van der Waals surface area contributed by atoms with Crippen molar-refractivity contribution in [2.24, 2.45) is 5.73 Å². The topological polar surface area (TPSA) is 29.3 Å². The third-order valence-electron chi connectivity index (χ3n) is 3.90. The molecule has 1 unspecified atom stereocenters. The fraction of sp³-hybridized carbons (Fsp3) is 0.294. The molecule has 3 rings (SSSR count). The Labute approximate surface area is 125 Å². The normalized spacial score (nSPS) is 15.8. The van der Waals surface area contributed by atoms with E-state index in [0.29, 0.717) is 0 Å². The van der Waals surface area contributed by atoms with Crippen LogP contribution in [0.1, 0.15) is 30.5 Å². The molecule has 104 valence electrons. The van der Waals surface area contributed by atoms with Crippen LogP contribution in [0.5, 0.6) is 0 Å². The van der Waals surface area contributed by atoms with Crippen molar-refractivity contribution in [3.8, 4) is 0 Å². The van der Waals surface area contributed by atoms with Crippen LogP contribution in [-0.2, 0) is 6.42 Å². The maximum absolute atomic E-state index is 6.48. The summed E-state index contributed by atoms with van der Waals surface area (Å²) < 4.78 is 0. The third kappa shape index (κ3) is 2.41. The Morgan fingerprint density at radius 2 is 1.95 bits per heavy atom. The SMILES string of the molecule is CC(N)c1ccc(N2CCCc3ccccc32)c(Cl)c1. The highest BCUT2D eigenvalue weighted by atomic mass is 35.5. The van der Waals surface area contributed by atoms with E-state index in [2.05, 4.69) is 41.3 Å². The van der Waals surface area contributed by atoms with Gasteiger partial charge in [0.25, 0.3) is 0 Å². The molecule has 0 aromatic heterocycles. The average Bonchev–Trinajstić information content (AvgIpc) is 2.46. The molecule has 1 aliphatic heterocycles. The van der Waals surface area contributed by atoms with Gasteiger partial charge in [0.2, 0.25) is 0 Å². The Bertz CT molecular complexity index is 622. The number of nitrogens with zero attached hydrogens (tertiary/aromatic N) is 1. The Balaban J connectivity index is 2.02. The summed E-state index contributed by atoms with van der Waals surface area (Å²) in [5.74, 6) is 0. The minimum Gasteiger partial charge on any atom is -0.340 e. The lowest BCUT2D eigenvalue weighted by molar-refractivity contribution is 0.765. The molecule has 2 aromatic rings. The third-order valence-corrected chi connectivity index (χ3v) is 4.20. The van der Waals surface area contributed by atoms with Crippen molar-refractivity contribution in [1.29, 1.82) is 0 Å². The van der Waals surface area contributed by atoms with Gasteiger partial charge in [0.05, 0.1) is 10.7 Å². The summed E-state index contributed by atoms with van der Waals surface area (Å²) in [6.07, 6.45) is 2.30. The van der Waals surface area contributed by atoms with Crippen LogP contribution in [0.4, 0.5) is 11.4 Å². The number of hydrogen-bond donors (Lipinski definition) is 1. The van der Waals surface area contributed by atoms with E-state index in [-0.39, 0.29) is 6.04 Å². The quantitative estimate of drug-likeness (QED) is 0.884. The lowest BCUT2D eigenvalue weighted by Crippen LogP contribution is -2.24. The molecular formula is C17H19ClN2. The molecule has 1 atom stereocenters. The van der Waals surface area contributed by atoms with Crippen molar-refractivity contribution in [2.75, 3.05) is 11.4 Å². The van der Waals surface area contributed by atoms with Crippen LogP contribution in [0.2, 0.25) is 5.02 Å². The van der Waals surface area contributed by atoms with Crippen molar-refractivity contribution in [1.82, 2.24) is 0 Å². The number of halogens is 1. The molecule has 0 saturated carbocycles. The van der Waals surface area contributed by atoms with E-state index in [1.165, 1.54) is 11.3 Å². The summed E-state index contributed by atoms with van der Waals surface area (Å²) in [4.78, 5) is 2.31. The number of aryl methyl sites for hydroxylation is 1. The van der Waals surface area contributed by atoms with Gasteiger partial charge < -0.3 is 10.6 Å². The maximum atomic E-state index is 6.48. The number of rotatable bonds is 2. The average molecular weight is 287 g/mol. The van der Waals surface area contributed by atoms with Gasteiger partial charge in [0.1, 0.15) is 0 Å². The molecular weight excluding hydrogens is 268 g/mol. The Morgan fingerprint density at radius 3 is 2.70 bits per heavy atom. The minimum absolute atomic E-state index is 0.00944. The van der Waals surface area contributed by atoms with Gasteiger partial charge in [0, 0.05) is 18.3 Å². The van der Waals surface area contributed by atoms with Crippen LogP contribution in [0.3, 0.4) is 0 Å². The summed E-state index contributed by atoms with van der Waals surface area (Å²) in [5.41, 5.74) is 10.7. The van der Waals surface area contributed by atoms with Crippen molar-refractivity contribution in [2.45, 2.75) is 25.8 Å². The second kappa shape index (κ2) is 5.47. The van der Waals surface area contributed by atoms with Crippen molar-refractivity contribution in [3.63, 3.8) is 0 Å². The highest BCUT2D eigenvalue weighted by Gasteiger charge is 2.19. The van der Waals surface area contributed by atoms with Crippen molar-refractivity contribution < 1.29 is 0 Å². The Morgan fingerprint density at radius 1 is 1.15 bits per heavy atom. The van der Waals surface area contributed by atoms with Gasteiger partial charge in [-0.1, -0.05) is 35.9 Å². The van der Waals surface area contributed by atoms with Gasteiger partial charge in [-0.15, -0.1) is 0 Å². The molecule has 0 bridgehead atoms. The first-order chi connectivity index (χ1) is 9.66. The number of benzene rings is 2. The number of fused-ring (bicyclic) bond motifs is 1. The van der Waals surface area contributed by atoms with Gasteiger partial charge in [-0.2, -0.15) is 0 Å².